The highest BCUT2D eigenvalue weighted by molar-refractivity contribution is 6.07. The van der Waals surface area contributed by atoms with Crippen molar-refractivity contribution >= 4 is 22.8 Å². The van der Waals surface area contributed by atoms with Crippen LogP contribution in [0.5, 0.6) is 0 Å². The fourth-order valence-electron chi connectivity index (χ4n) is 3.35. The fourth-order valence-corrected chi connectivity index (χ4v) is 3.35. The van der Waals surface area contributed by atoms with Crippen LogP contribution in [0.4, 0.5) is 0 Å². The predicted molar refractivity (Wildman–Crippen MR) is 112 cm³/mol. The molecule has 3 heteroatoms. The standard InChI is InChI=1S/C25H18N2O/c26-16-20-10-4-5-11-21(20)17-27-18-22(23-12-6-7-13-24(23)27)14-15-25(28)19-8-2-1-3-9-19/h1-15,18H,17H2/b15-14+. The molecule has 28 heavy (non-hydrogen) atoms. The Hall–Kier alpha value is -3.90. The summed E-state index contributed by atoms with van der Waals surface area (Å²) in [6.07, 6.45) is 5.52. The van der Waals surface area contributed by atoms with Crippen molar-refractivity contribution in [3.05, 3.63) is 113 Å². The summed E-state index contributed by atoms with van der Waals surface area (Å²) < 4.78 is 2.12. The molecule has 134 valence electrons. The van der Waals surface area contributed by atoms with Gasteiger partial charge in [0.15, 0.2) is 5.78 Å². The number of nitriles is 1. The maximum Gasteiger partial charge on any atom is 0.185 e. The number of carbonyl (C=O) groups excluding carboxylic acids is 1. The Morgan fingerprint density at radius 1 is 0.929 bits per heavy atom. The molecule has 0 aliphatic carbocycles. The molecule has 0 bridgehead atoms. The van der Waals surface area contributed by atoms with Gasteiger partial charge in [-0.15, -0.1) is 0 Å². The minimum absolute atomic E-state index is 0.0211. The molecule has 0 fully saturated rings. The van der Waals surface area contributed by atoms with Gasteiger partial charge >= 0.3 is 0 Å². The maximum atomic E-state index is 12.4. The number of rotatable bonds is 5. The van der Waals surface area contributed by atoms with Gasteiger partial charge in [0.1, 0.15) is 0 Å². The molecule has 0 aliphatic rings. The molecule has 0 saturated heterocycles. The number of ketones is 1. The SMILES string of the molecule is N#Cc1ccccc1Cn1cc(/C=C/C(=O)c2ccccc2)c2ccccc21. The number of nitrogens with zero attached hydrogens (tertiary/aromatic N) is 2. The van der Waals surface area contributed by atoms with Gasteiger partial charge in [0.25, 0.3) is 0 Å². The van der Waals surface area contributed by atoms with Crippen LogP contribution in [0.3, 0.4) is 0 Å². The van der Waals surface area contributed by atoms with Crippen LogP contribution in [0, 0.1) is 11.3 Å². The van der Waals surface area contributed by atoms with E-state index in [9.17, 15) is 10.1 Å². The van der Waals surface area contributed by atoms with E-state index in [4.69, 9.17) is 0 Å². The monoisotopic (exact) mass is 362 g/mol. The molecule has 3 nitrogen and oxygen atoms in total. The van der Waals surface area contributed by atoms with E-state index in [0.29, 0.717) is 17.7 Å². The van der Waals surface area contributed by atoms with Gasteiger partial charge in [0.2, 0.25) is 0 Å². The predicted octanol–water partition coefficient (Wildman–Crippen LogP) is 5.46. The quantitative estimate of drug-likeness (QED) is 0.350. The Morgan fingerprint density at radius 2 is 1.64 bits per heavy atom. The molecule has 1 heterocycles. The van der Waals surface area contributed by atoms with Crippen LogP contribution >= 0.6 is 0 Å². The van der Waals surface area contributed by atoms with Gasteiger partial charge in [0, 0.05) is 34.8 Å². The second-order valence-corrected chi connectivity index (χ2v) is 6.56. The first kappa shape index (κ1) is 17.5. The molecule has 4 aromatic rings. The van der Waals surface area contributed by atoms with Crippen molar-refractivity contribution in [2.75, 3.05) is 0 Å². The van der Waals surface area contributed by atoms with Gasteiger partial charge in [-0.05, 0) is 29.8 Å². The number of para-hydroxylation sites is 1. The Balaban J connectivity index is 1.70. The number of allylic oxidation sites excluding steroid dienone is 1. The van der Waals surface area contributed by atoms with Gasteiger partial charge in [-0.1, -0.05) is 66.7 Å². The van der Waals surface area contributed by atoms with E-state index in [1.165, 1.54) is 0 Å². The smallest absolute Gasteiger partial charge is 0.185 e. The normalized spacial score (nSPS) is 11.0. The summed E-state index contributed by atoms with van der Waals surface area (Å²) in [6, 6.07) is 27.2. The summed E-state index contributed by atoms with van der Waals surface area (Å²) in [5, 5.41) is 10.4. The molecule has 3 aromatic carbocycles. The average Bonchev–Trinajstić information content (AvgIpc) is 3.10. The molecule has 4 rings (SSSR count). The van der Waals surface area contributed by atoms with Gasteiger partial charge in [-0.25, -0.2) is 0 Å². The number of hydrogen-bond donors (Lipinski definition) is 0. The fraction of sp³-hybridized carbons (Fsp3) is 0.0400. The van der Waals surface area contributed by atoms with Crippen molar-refractivity contribution in [1.82, 2.24) is 4.57 Å². The highest BCUT2D eigenvalue weighted by atomic mass is 16.1. The lowest BCUT2D eigenvalue weighted by Crippen LogP contribution is -2.00. The van der Waals surface area contributed by atoms with Crippen molar-refractivity contribution in [3.63, 3.8) is 0 Å². The summed E-state index contributed by atoms with van der Waals surface area (Å²) in [5.41, 5.74) is 4.38. The number of benzene rings is 3. The highest BCUT2D eigenvalue weighted by Gasteiger charge is 2.09. The van der Waals surface area contributed by atoms with Crippen LogP contribution in [0.2, 0.25) is 0 Å². The second kappa shape index (κ2) is 7.77. The van der Waals surface area contributed by atoms with Crippen LogP contribution in [-0.4, -0.2) is 10.4 Å². The van der Waals surface area contributed by atoms with Crippen molar-refractivity contribution in [3.8, 4) is 6.07 Å². The van der Waals surface area contributed by atoms with E-state index in [2.05, 4.69) is 22.8 Å². The van der Waals surface area contributed by atoms with E-state index >= 15 is 0 Å². The summed E-state index contributed by atoms with van der Waals surface area (Å²) >= 11 is 0. The third-order valence-electron chi connectivity index (χ3n) is 4.77. The van der Waals surface area contributed by atoms with Crippen molar-refractivity contribution < 1.29 is 4.79 Å². The van der Waals surface area contributed by atoms with E-state index in [1.807, 2.05) is 79.0 Å². The Labute approximate surface area is 163 Å². The molecule has 0 aliphatic heterocycles. The average molecular weight is 362 g/mol. The zero-order valence-corrected chi connectivity index (χ0v) is 15.2. The van der Waals surface area contributed by atoms with E-state index in [-0.39, 0.29) is 5.78 Å². The topological polar surface area (TPSA) is 45.8 Å². The van der Waals surface area contributed by atoms with Crippen molar-refractivity contribution in [1.29, 1.82) is 5.26 Å². The van der Waals surface area contributed by atoms with Crippen LogP contribution in [0.25, 0.3) is 17.0 Å². The summed E-state index contributed by atoms with van der Waals surface area (Å²) in [6.45, 7) is 0.602. The summed E-state index contributed by atoms with van der Waals surface area (Å²) in [7, 11) is 0. The Kier molecular flexibility index (Phi) is 4.86. The zero-order valence-electron chi connectivity index (χ0n) is 15.2. The first-order valence-corrected chi connectivity index (χ1v) is 9.09. The third-order valence-corrected chi connectivity index (χ3v) is 4.77. The molecule has 0 atom stereocenters. The largest absolute Gasteiger partial charge is 0.342 e. The van der Waals surface area contributed by atoms with Gasteiger partial charge in [-0.2, -0.15) is 5.26 Å². The zero-order chi connectivity index (χ0) is 19.3. The molecule has 0 spiro atoms. The summed E-state index contributed by atoms with van der Waals surface area (Å²) in [5.74, 6) is -0.0211. The number of fused-ring (bicyclic) bond motifs is 1. The van der Waals surface area contributed by atoms with Gasteiger partial charge in [0.05, 0.1) is 11.6 Å². The molecule has 0 amide bonds. The molecule has 0 N–H and O–H groups in total. The minimum atomic E-state index is -0.0211. The van der Waals surface area contributed by atoms with Crippen LogP contribution in [0.15, 0.2) is 91.1 Å². The second-order valence-electron chi connectivity index (χ2n) is 6.56. The van der Waals surface area contributed by atoms with Crippen LogP contribution in [0.1, 0.15) is 27.0 Å². The van der Waals surface area contributed by atoms with Crippen molar-refractivity contribution in [2.24, 2.45) is 0 Å². The lowest BCUT2D eigenvalue weighted by molar-refractivity contribution is 0.104. The number of hydrogen-bond acceptors (Lipinski definition) is 2. The number of aromatic nitrogens is 1. The van der Waals surface area contributed by atoms with Crippen LogP contribution < -0.4 is 0 Å². The Bertz CT molecular complexity index is 1210. The van der Waals surface area contributed by atoms with Gasteiger partial charge in [-0.3, -0.25) is 4.79 Å². The lowest BCUT2D eigenvalue weighted by atomic mass is 10.1. The molecule has 0 unspecified atom stereocenters. The first-order valence-electron chi connectivity index (χ1n) is 9.09. The van der Waals surface area contributed by atoms with E-state index in [0.717, 1.165) is 22.0 Å². The van der Waals surface area contributed by atoms with Crippen molar-refractivity contribution in [2.45, 2.75) is 6.54 Å². The maximum absolute atomic E-state index is 12.4. The summed E-state index contributed by atoms with van der Waals surface area (Å²) in [4.78, 5) is 12.4. The molecule has 0 saturated carbocycles. The lowest BCUT2D eigenvalue weighted by Gasteiger charge is -2.07. The van der Waals surface area contributed by atoms with Crippen LogP contribution in [-0.2, 0) is 6.54 Å². The highest BCUT2D eigenvalue weighted by Crippen LogP contribution is 2.24. The van der Waals surface area contributed by atoms with E-state index in [1.54, 1.807) is 6.08 Å². The molecule has 1 aromatic heterocycles. The third kappa shape index (κ3) is 3.49. The number of carbonyl (C=O) groups is 1. The minimum Gasteiger partial charge on any atom is -0.342 e. The Morgan fingerprint density at radius 3 is 2.46 bits per heavy atom. The molecular formula is C25H18N2O. The molecule has 0 radical (unpaired) electrons. The van der Waals surface area contributed by atoms with E-state index < -0.39 is 0 Å². The van der Waals surface area contributed by atoms with Gasteiger partial charge < -0.3 is 4.57 Å². The molecular weight excluding hydrogens is 344 g/mol. The first-order chi connectivity index (χ1) is 13.8.